The highest BCUT2D eigenvalue weighted by atomic mass is 16.6. The highest BCUT2D eigenvalue weighted by molar-refractivity contribution is 5.67. The van der Waals surface area contributed by atoms with Crippen LogP contribution in [0.1, 0.15) is 26.3 Å². The Bertz CT molecular complexity index is 633. The maximum absolute atomic E-state index is 11.5. The molecular formula is C18H24N2O4. The average Bonchev–Trinajstić information content (AvgIpc) is 3.02. The molecule has 0 saturated carbocycles. The first kappa shape index (κ1) is 17.7. The third-order valence-corrected chi connectivity index (χ3v) is 2.95. The van der Waals surface area contributed by atoms with Crippen LogP contribution in [-0.2, 0) is 11.3 Å². The highest BCUT2D eigenvalue weighted by Gasteiger charge is 2.15. The van der Waals surface area contributed by atoms with Crippen molar-refractivity contribution >= 4 is 11.8 Å². The molecule has 0 saturated heterocycles. The van der Waals surface area contributed by atoms with E-state index in [0.717, 1.165) is 17.0 Å². The van der Waals surface area contributed by atoms with Crippen LogP contribution in [0.2, 0.25) is 0 Å². The summed E-state index contributed by atoms with van der Waals surface area (Å²) in [5.74, 6) is 0.734. The summed E-state index contributed by atoms with van der Waals surface area (Å²) in [6.07, 6.45) is 2.91. The Hall–Kier alpha value is -2.63. The van der Waals surface area contributed by atoms with E-state index in [9.17, 15) is 4.79 Å². The standard InChI is InChI=1S/C18H24N2O4/c1-18(2,3)24-17(21)19-8-10-23-16-6-4-5-15(11-16)20-12-14-7-9-22-13-14/h4-7,9,11,13,20H,8,10,12H2,1-3H3,(H,19,21). The van der Waals surface area contributed by atoms with Crippen molar-refractivity contribution in [2.24, 2.45) is 0 Å². The molecule has 6 nitrogen and oxygen atoms in total. The number of carbonyl (C=O) groups is 1. The van der Waals surface area contributed by atoms with E-state index in [0.29, 0.717) is 19.7 Å². The summed E-state index contributed by atoms with van der Waals surface area (Å²) in [7, 11) is 0. The van der Waals surface area contributed by atoms with Crippen molar-refractivity contribution in [2.75, 3.05) is 18.5 Å². The second kappa shape index (κ2) is 8.29. The van der Waals surface area contributed by atoms with Gasteiger partial charge in [0.2, 0.25) is 0 Å². The van der Waals surface area contributed by atoms with Crippen LogP contribution < -0.4 is 15.4 Å². The third-order valence-electron chi connectivity index (χ3n) is 2.95. The predicted molar refractivity (Wildman–Crippen MR) is 92.2 cm³/mol. The molecule has 0 atom stereocenters. The number of carbonyl (C=O) groups excluding carboxylic acids is 1. The number of hydrogen-bond acceptors (Lipinski definition) is 5. The summed E-state index contributed by atoms with van der Waals surface area (Å²) < 4.78 is 15.8. The van der Waals surface area contributed by atoms with Crippen LogP contribution in [0.3, 0.4) is 0 Å². The highest BCUT2D eigenvalue weighted by Crippen LogP contribution is 2.18. The topological polar surface area (TPSA) is 72.7 Å². The van der Waals surface area contributed by atoms with Gasteiger partial charge in [0.05, 0.1) is 19.1 Å². The Morgan fingerprint density at radius 2 is 2.08 bits per heavy atom. The number of amides is 1. The predicted octanol–water partition coefficient (Wildman–Crippen LogP) is 3.80. The Kier molecular flexibility index (Phi) is 6.12. The summed E-state index contributed by atoms with van der Waals surface area (Å²) in [6, 6.07) is 9.57. The molecule has 130 valence electrons. The van der Waals surface area contributed by atoms with Gasteiger partial charge in [-0.2, -0.15) is 0 Å². The van der Waals surface area contributed by atoms with Crippen molar-refractivity contribution in [3.8, 4) is 5.75 Å². The number of furan rings is 1. The molecule has 6 heteroatoms. The fourth-order valence-corrected chi connectivity index (χ4v) is 1.93. The Morgan fingerprint density at radius 1 is 1.25 bits per heavy atom. The van der Waals surface area contributed by atoms with Gasteiger partial charge in [-0.1, -0.05) is 6.07 Å². The zero-order chi connectivity index (χ0) is 17.4. The normalized spacial score (nSPS) is 11.0. The monoisotopic (exact) mass is 332 g/mol. The lowest BCUT2D eigenvalue weighted by Gasteiger charge is -2.19. The van der Waals surface area contributed by atoms with Gasteiger partial charge in [0.25, 0.3) is 0 Å². The van der Waals surface area contributed by atoms with Crippen molar-refractivity contribution in [3.05, 3.63) is 48.4 Å². The molecule has 1 amide bonds. The number of rotatable bonds is 7. The van der Waals surface area contributed by atoms with Crippen LogP contribution in [-0.4, -0.2) is 24.8 Å². The van der Waals surface area contributed by atoms with E-state index < -0.39 is 11.7 Å². The number of hydrogen-bond donors (Lipinski definition) is 2. The summed E-state index contributed by atoms with van der Waals surface area (Å²) in [5.41, 5.74) is 1.52. The number of nitrogens with one attached hydrogen (secondary N) is 2. The second-order valence-electron chi connectivity index (χ2n) is 6.29. The molecule has 2 aromatic rings. The first-order valence-electron chi connectivity index (χ1n) is 7.87. The molecule has 0 bridgehead atoms. The van der Waals surface area contributed by atoms with Gasteiger partial charge in [-0.3, -0.25) is 0 Å². The lowest BCUT2D eigenvalue weighted by Crippen LogP contribution is -2.34. The van der Waals surface area contributed by atoms with Crippen LogP contribution in [0.15, 0.2) is 47.3 Å². The Labute approximate surface area is 142 Å². The fourth-order valence-electron chi connectivity index (χ4n) is 1.93. The van der Waals surface area contributed by atoms with E-state index in [4.69, 9.17) is 13.9 Å². The fraction of sp³-hybridized carbons (Fsp3) is 0.389. The molecule has 0 spiro atoms. The zero-order valence-electron chi connectivity index (χ0n) is 14.3. The van der Waals surface area contributed by atoms with Gasteiger partial charge < -0.3 is 24.5 Å². The summed E-state index contributed by atoms with van der Waals surface area (Å²) in [6.45, 7) is 6.90. The van der Waals surface area contributed by atoms with Crippen LogP contribution in [0.4, 0.5) is 10.5 Å². The van der Waals surface area contributed by atoms with Crippen molar-refractivity contribution < 1.29 is 18.7 Å². The summed E-state index contributed by atoms with van der Waals surface area (Å²) in [5, 5.41) is 5.95. The number of benzene rings is 1. The minimum atomic E-state index is -0.500. The molecule has 2 rings (SSSR count). The van der Waals surface area contributed by atoms with Crippen molar-refractivity contribution in [3.63, 3.8) is 0 Å². The van der Waals surface area contributed by atoms with Gasteiger partial charge in [0.15, 0.2) is 0 Å². The van der Waals surface area contributed by atoms with Crippen LogP contribution in [0.5, 0.6) is 5.75 Å². The number of alkyl carbamates (subject to hydrolysis) is 1. The lowest BCUT2D eigenvalue weighted by molar-refractivity contribution is 0.0520. The lowest BCUT2D eigenvalue weighted by atomic mass is 10.2. The Morgan fingerprint density at radius 3 is 2.79 bits per heavy atom. The molecule has 1 aromatic heterocycles. The molecule has 0 aliphatic rings. The van der Waals surface area contributed by atoms with Gasteiger partial charge in [0.1, 0.15) is 18.0 Å². The summed E-state index contributed by atoms with van der Waals surface area (Å²) in [4.78, 5) is 11.5. The SMILES string of the molecule is CC(C)(C)OC(=O)NCCOc1cccc(NCc2ccoc2)c1. The second-order valence-corrected chi connectivity index (χ2v) is 6.29. The largest absolute Gasteiger partial charge is 0.492 e. The molecule has 1 heterocycles. The first-order chi connectivity index (χ1) is 11.4. The third kappa shape index (κ3) is 6.64. The maximum Gasteiger partial charge on any atom is 0.407 e. The quantitative estimate of drug-likeness (QED) is 0.755. The van der Waals surface area contributed by atoms with Gasteiger partial charge in [-0.05, 0) is 39.0 Å². The van der Waals surface area contributed by atoms with E-state index in [1.54, 1.807) is 12.5 Å². The molecule has 0 unspecified atom stereocenters. The molecule has 24 heavy (non-hydrogen) atoms. The van der Waals surface area contributed by atoms with E-state index in [1.807, 2.05) is 51.1 Å². The van der Waals surface area contributed by atoms with E-state index in [2.05, 4.69) is 10.6 Å². The van der Waals surface area contributed by atoms with E-state index in [1.165, 1.54) is 0 Å². The number of anilines is 1. The minimum absolute atomic E-state index is 0.366. The smallest absolute Gasteiger partial charge is 0.407 e. The van der Waals surface area contributed by atoms with Crippen LogP contribution in [0, 0.1) is 0 Å². The molecular weight excluding hydrogens is 308 g/mol. The molecule has 1 aromatic carbocycles. The van der Waals surface area contributed by atoms with Gasteiger partial charge in [-0.25, -0.2) is 4.79 Å². The molecule has 0 aliphatic carbocycles. The van der Waals surface area contributed by atoms with E-state index >= 15 is 0 Å². The maximum atomic E-state index is 11.5. The molecule has 0 aliphatic heterocycles. The van der Waals surface area contributed by atoms with Crippen molar-refractivity contribution in [2.45, 2.75) is 32.9 Å². The van der Waals surface area contributed by atoms with Crippen molar-refractivity contribution in [1.29, 1.82) is 0 Å². The zero-order valence-corrected chi connectivity index (χ0v) is 14.3. The molecule has 2 N–H and O–H groups in total. The Balaban J connectivity index is 1.71. The average molecular weight is 332 g/mol. The van der Waals surface area contributed by atoms with E-state index in [-0.39, 0.29) is 0 Å². The first-order valence-corrected chi connectivity index (χ1v) is 7.87. The minimum Gasteiger partial charge on any atom is -0.492 e. The van der Waals surface area contributed by atoms with Gasteiger partial charge in [-0.15, -0.1) is 0 Å². The van der Waals surface area contributed by atoms with Crippen LogP contribution >= 0.6 is 0 Å². The summed E-state index contributed by atoms with van der Waals surface area (Å²) >= 11 is 0. The van der Waals surface area contributed by atoms with Gasteiger partial charge in [0, 0.05) is 23.9 Å². The van der Waals surface area contributed by atoms with Crippen molar-refractivity contribution in [1.82, 2.24) is 5.32 Å². The molecule has 0 fully saturated rings. The molecule has 0 radical (unpaired) electrons. The number of ether oxygens (including phenoxy) is 2. The van der Waals surface area contributed by atoms with Crippen LogP contribution in [0.25, 0.3) is 0 Å². The van der Waals surface area contributed by atoms with Gasteiger partial charge >= 0.3 is 6.09 Å².